The summed E-state index contributed by atoms with van der Waals surface area (Å²) in [6.07, 6.45) is -0.359. The van der Waals surface area contributed by atoms with Gasteiger partial charge in [0, 0.05) is 30.7 Å². The van der Waals surface area contributed by atoms with Gasteiger partial charge in [-0.15, -0.1) is 0 Å². The Labute approximate surface area is 159 Å². The highest BCUT2D eigenvalue weighted by Crippen LogP contribution is 2.34. The molecular formula is C17H20BrN3O5. The lowest BCUT2D eigenvalue weighted by atomic mass is 10.2. The third kappa shape index (κ3) is 3.92. The van der Waals surface area contributed by atoms with Crippen LogP contribution in [0.4, 0.5) is 10.5 Å². The fourth-order valence-electron chi connectivity index (χ4n) is 2.94. The molecule has 26 heavy (non-hydrogen) atoms. The predicted molar refractivity (Wildman–Crippen MR) is 97.2 cm³/mol. The van der Waals surface area contributed by atoms with Gasteiger partial charge in [-0.3, -0.25) is 14.5 Å². The number of ether oxygens (including phenoxy) is 2. The molecular weight excluding hydrogens is 406 g/mol. The molecule has 2 aliphatic heterocycles. The quantitative estimate of drug-likeness (QED) is 0.732. The lowest BCUT2D eigenvalue weighted by Gasteiger charge is -2.36. The first-order valence-electron chi connectivity index (χ1n) is 8.41. The molecule has 0 unspecified atom stereocenters. The van der Waals surface area contributed by atoms with E-state index < -0.39 is 0 Å². The van der Waals surface area contributed by atoms with E-state index in [0.29, 0.717) is 44.2 Å². The summed E-state index contributed by atoms with van der Waals surface area (Å²) in [6, 6.07) is 5.33. The number of hydrogen-bond donors (Lipinski definition) is 0. The number of halogens is 1. The van der Waals surface area contributed by atoms with E-state index in [4.69, 9.17) is 9.47 Å². The van der Waals surface area contributed by atoms with Crippen molar-refractivity contribution >= 4 is 39.5 Å². The normalized spacial score (nSPS) is 16.8. The molecule has 1 saturated heterocycles. The van der Waals surface area contributed by atoms with E-state index in [1.807, 2.05) is 0 Å². The molecule has 0 saturated carbocycles. The maximum Gasteiger partial charge on any atom is 0.409 e. The van der Waals surface area contributed by atoms with Gasteiger partial charge in [-0.25, -0.2) is 4.79 Å². The first-order chi connectivity index (χ1) is 12.5. The van der Waals surface area contributed by atoms with Crippen LogP contribution in [0.1, 0.15) is 6.92 Å². The summed E-state index contributed by atoms with van der Waals surface area (Å²) in [4.78, 5) is 41.3. The summed E-state index contributed by atoms with van der Waals surface area (Å²) in [5.41, 5.74) is 0.586. The second-order valence-corrected chi connectivity index (χ2v) is 6.86. The maximum absolute atomic E-state index is 12.6. The lowest BCUT2D eigenvalue weighted by molar-refractivity contribution is -0.133. The van der Waals surface area contributed by atoms with Crippen LogP contribution in [0.5, 0.6) is 5.75 Å². The first kappa shape index (κ1) is 18.5. The molecule has 0 aliphatic carbocycles. The summed E-state index contributed by atoms with van der Waals surface area (Å²) < 4.78 is 11.2. The summed E-state index contributed by atoms with van der Waals surface area (Å²) in [7, 11) is 0. The number of anilines is 1. The number of carbonyl (C=O) groups excluding carboxylic acids is 3. The van der Waals surface area contributed by atoms with Gasteiger partial charge in [0.15, 0.2) is 6.61 Å². The van der Waals surface area contributed by atoms with Crippen LogP contribution >= 0.6 is 15.9 Å². The summed E-state index contributed by atoms with van der Waals surface area (Å²) in [5.74, 6) is 0.162. The largest absolute Gasteiger partial charge is 0.482 e. The molecule has 140 valence electrons. The number of piperazine rings is 1. The van der Waals surface area contributed by atoms with Crippen LogP contribution in [0.15, 0.2) is 22.7 Å². The van der Waals surface area contributed by atoms with E-state index >= 15 is 0 Å². The van der Waals surface area contributed by atoms with Crippen molar-refractivity contribution in [1.29, 1.82) is 0 Å². The summed E-state index contributed by atoms with van der Waals surface area (Å²) >= 11 is 3.37. The van der Waals surface area contributed by atoms with Crippen LogP contribution in [-0.4, -0.2) is 73.6 Å². The number of hydrogen-bond acceptors (Lipinski definition) is 5. The van der Waals surface area contributed by atoms with E-state index in [1.54, 1.807) is 34.9 Å². The Hall–Kier alpha value is -2.29. The highest BCUT2D eigenvalue weighted by atomic mass is 79.9. The number of benzene rings is 1. The summed E-state index contributed by atoms with van der Waals surface area (Å²) in [6.45, 7) is 3.63. The Morgan fingerprint density at radius 2 is 1.88 bits per heavy atom. The Bertz CT molecular complexity index is 718. The maximum atomic E-state index is 12.6. The fourth-order valence-corrected chi connectivity index (χ4v) is 3.28. The van der Waals surface area contributed by atoms with Gasteiger partial charge in [0.2, 0.25) is 5.91 Å². The topological polar surface area (TPSA) is 79.4 Å². The van der Waals surface area contributed by atoms with Crippen molar-refractivity contribution in [1.82, 2.24) is 9.80 Å². The van der Waals surface area contributed by atoms with Crippen molar-refractivity contribution in [3.63, 3.8) is 0 Å². The third-order valence-electron chi connectivity index (χ3n) is 4.32. The van der Waals surface area contributed by atoms with Crippen molar-refractivity contribution in [3.8, 4) is 5.75 Å². The molecule has 1 fully saturated rings. The van der Waals surface area contributed by atoms with Gasteiger partial charge < -0.3 is 19.3 Å². The standard InChI is InChI=1S/C17H20BrN3O5/c1-2-25-17(24)20-7-5-19(6-8-20)15(22)10-21-13-4-3-12(18)9-14(13)26-11-16(21)23/h3-4,9H,2,5-8,10-11H2,1H3. The minimum Gasteiger partial charge on any atom is -0.482 e. The molecule has 8 nitrogen and oxygen atoms in total. The van der Waals surface area contributed by atoms with Gasteiger partial charge in [0.1, 0.15) is 12.3 Å². The number of nitrogens with zero attached hydrogens (tertiary/aromatic N) is 3. The molecule has 3 rings (SSSR count). The van der Waals surface area contributed by atoms with Crippen molar-refractivity contribution in [2.45, 2.75) is 6.92 Å². The van der Waals surface area contributed by atoms with Gasteiger partial charge in [-0.05, 0) is 25.1 Å². The van der Waals surface area contributed by atoms with Gasteiger partial charge in [0.25, 0.3) is 5.91 Å². The molecule has 0 radical (unpaired) electrons. The smallest absolute Gasteiger partial charge is 0.409 e. The number of amides is 3. The zero-order chi connectivity index (χ0) is 18.7. The van der Waals surface area contributed by atoms with E-state index in [1.165, 1.54) is 4.90 Å². The van der Waals surface area contributed by atoms with Crippen LogP contribution in [0.25, 0.3) is 0 Å². The molecule has 0 spiro atoms. The van der Waals surface area contributed by atoms with Gasteiger partial charge in [-0.2, -0.15) is 0 Å². The molecule has 0 aromatic heterocycles. The number of fused-ring (bicyclic) bond motifs is 1. The lowest BCUT2D eigenvalue weighted by Crippen LogP contribution is -2.54. The Morgan fingerprint density at radius 1 is 1.19 bits per heavy atom. The van der Waals surface area contributed by atoms with Gasteiger partial charge in [0.05, 0.1) is 12.3 Å². The van der Waals surface area contributed by atoms with E-state index in [0.717, 1.165) is 4.47 Å². The third-order valence-corrected chi connectivity index (χ3v) is 4.81. The molecule has 1 aromatic carbocycles. The summed E-state index contributed by atoms with van der Waals surface area (Å²) in [5, 5.41) is 0. The van der Waals surface area contributed by atoms with Crippen molar-refractivity contribution in [2.75, 3.05) is 50.8 Å². The average molecular weight is 426 g/mol. The van der Waals surface area contributed by atoms with Crippen LogP contribution < -0.4 is 9.64 Å². The predicted octanol–water partition coefficient (Wildman–Crippen LogP) is 1.48. The fraction of sp³-hybridized carbons (Fsp3) is 0.471. The first-order valence-corrected chi connectivity index (χ1v) is 9.21. The zero-order valence-corrected chi connectivity index (χ0v) is 16.0. The SMILES string of the molecule is CCOC(=O)N1CCN(C(=O)CN2C(=O)COc3cc(Br)ccc32)CC1. The van der Waals surface area contributed by atoms with Crippen LogP contribution in [-0.2, 0) is 14.3 Å². The van der Waals surface area contributed by atoms with Crippen molar-refractivity contribution in [2.24, 2.45) is 0 Å². The number of carbonyl (C=O) groups is 3. The van der Waals surface area contributed by atoms with Gasteiger partial charge in [-0.1, -0.05) is 15.9 Å². The highest BCUT2D eigenvalue weighted by Gasteiger charge is 2.31. The zero-order valence-electron chi connectivity index (χ0n) is 14.4. The molecule has 0 atom stereocenters. The molecule has 0 bridgehead atoms. The minimum absolute atomic E-state index is 0.0454. The second kappa shape index (κ2) is 7.94. The molecule has 1 aromatic rings. The molecule has 0 N–H and O–H groups in total. The van der Waals surface area contributed by atoms with Gasteiger partial charge >= 0.3 is 6.09 Å². The van der Waals surface area contributed by atoms with Crippen molar-refractivity contribution < 1.29 is 23.9 Å². The van der Waals surface area contributed by atoms with E-state index in [2.05, 4.69) is 15.9 Å². The molecule has 3 amide bonds. The Balaban J connectivity index is 1.62. The van der Waals surface area contributed by atoms with E-state index in [-0.39, 0.29) is 31.1 Å². The highest BCUT2D eigenvalue weighted by molar-refractivity contribution is 9.10. The number of rotatable bonds is 3. The minimum atomic E-state index is -0.359. The Morgan fingerprint density at radius 3 is 2.58 bits per heavy atom. The molecule has 2 aliphatic rings. The van der Waals surface area contributed by atoms with Crippen LogP contribution in [0, 0.1) is 0 Å². The van der Waals surface area contributed by atoms with Crippen LogP contribution in [0.3, 0.4) is 0 Å². The van der Waals surface area contributed by atoms with Crippen LogP contribution in [0.2, 0.25) is 0 Å². The Kier molecular flexibility index (Phi) is 5.65. The van der Waals surface area contributed by atoms with Crippen molar-refractivity contribution in [3.05, 3.63) is 22.7 Å². The second-order valence-electron chi connectivity index (χ2n) is 5.95. The van der Waals surface area contributed by atoms with E-state index in [9.17, 15) is 14.4 Å². The average Bonchev–Trinajstić information content (AvgIpc) is 2.64. The molecule has 2 heterocycles. The monoisotopic (exact) mass is 425 g/mol. The molecule has 9 heteroatoms.